The molecule has 208 valence electrons. The molecule has 4 N–H and O–H groups in total. The molecule has 3 atom stereocenters. The van der Waals surface area contributed by atoms with Crippen molar-refractivity contribution in [1.29, 1.82) is 0 Å². The van der Waals surface area contributed by atoms with E-state index in [2.05, 4.69) is 41.8 Å². The van der Waals surface area contributed by atoms with Crippen molar-refractivity contribution in [3.05, 3.63) is 32.9 Å². The van der Waals surface area contributed by atoms with Crippen LogP contribution in [-0.4, -0.2) is 77.1 Å². The van der Waals surface area contributed by atoms with Crippen molar-refractivity contribution >= 4 is 34.4 Å². The van der Waals surface area contributed by atoms with Crippen molar-refractivity contribution < 1.29 is 34.4 Å². The highest BCUT2D eigenvalue weighted by atomic mass is 127. The van der Waals surface area contributed by atoms with Gasteiger partial charge in [0.05, 0.1) is 29.9 Å². The molecule has 37 heavy (non-hydrogen) atoms. The largest absolute Gasteiger partial charge is 0.493 e. The van der Waals surface area contributed by atoms with E-state index < -0.39 is 18.2 Å². The van der Waals surface area contributed by atoms with Crippen LogP contribution >= 0.6 is 22.6 Å². The lowest BCUT2D eigenvalue weighted by molar-refractivity contribution is -0.139. The van der Waals surface area contributed by atoms with Crippen molar-refractivity contribution in [3.8, 4) is 11.5 Å². The van der Waals surface area contributed by atoms with Crippen LogP contribution in [0, 0.1) is 15.4 Å². The first-order valence-electron chi connectivity index (χ1n) is 12.7. The molecule has 0 bridgehead atoms. The Labute approximate surface area is 233 Å². The summed E-state index contributed by atoms with van der Waals surface area (Å²) in [7, 11) is 1.49. The van der Waals surface area contributed by atoms with E-state index in [9.17, 15) is 19.8 Å². The van der Waals surface area contributed by atoms with Crippen molar-refractivity contribution in [1.82, 2.24) is 10.2 Å². The molecule has 0 aliphatic heterocycles. The minimum Gasteiger partial charge on any atom is -0.493 e. The number of halogens is 1. The fraction of sp³-hybridized carbons (Fsp3) is 0.630. The predicted molar refractivity (Wildman–Crippen MR) is 149 cm³/mol. The fourth-order valence-electron chi connectivity index (χ4n) is 4.23. The zero-order valence-corrected chi connectivity index (χ0v) is 24.5. The van der Waals surface area contributed by atoms with E-state index >= 15 is 0 Å². The van der Waals surface area contributed by atoms with Crippen LogP contribution in [0.4, 0.5) is 0 Å². The molecule has 10 heteroatoms. The van der Waals surface area contributed by atoms with E-state index in [1.54, 1.807) is 23.1 Å². The number of carbonyl (C=O) groups is 2. The van der Waals surface area contributed by atoms with E-state index in [0.29, 0.717) is 45.1 Å². The molecule has 1 aromatic rings. The Kier molecular flexibility index (Phi) is 12.6. The zero-order valence-electron chi connectivity index (χ0n) is 22.4. The molecule has 9 nitrogen and oxygen atoms in total. The number of hydrogen-bond donors (Lipinski definition) is 4. The number of aliphatic hydroxyl groups is 3. The third-order valence-corrected chi connectivity index (χ3v) is 6.99. The molecule has 3 unspecified atom stereocenters. The van der Waals surface area contributed by atoms with Crippen LogP contribution in [0.3, 0.4) is 0 Å². The molecule has 0 spiro atoms. The number of benzene rings is 1. The van der Waals surface area contributed by atoms with Gasteiger partial charge >= 0.3 is 0 Å². The van der Waals surface area contributed by atoms with Gasteiger partial charge in [-0.15, -0.1) is 0 Å². The molecular weight excluding hydrogens is 591 g/mol. The second-order valence-corrected chi connectivity index (χ2v) is 11.3. The van der Waals surface area contributed by atoms with Gasteiger partial charge < -0.3 is 35.0 Å². The Morgan fingerprint density at radius 3 is 2.46 bits per heavy atom. The SMILES string of the molecule is COc1cc(CO)cc(I)c1OC1C=C(C(=O)NCCO)CC(N(CCC(C)C)C(=O)CC(C)C)C1O. The van der Waals surface area contributed by atoms with Gasteiger partial charge in [-0.1, -0.05) is 27.7 Å². The Morgan fingerprint density at radius 1 is 1.19 bits per heavy atom. The number of methoxy groups -OCH3 is 1. The lowest BCUT2D eigenvalue weighted by atomic mass is 9.87. The van der Waals surface area contributed by atoms with Crippen LogP contribution in [0.1, 0.15) is 52.5 Å². The second kappa shape index (κ2) is 14.9. The van der Waals surface area contributed by atoms with Crippen LogP contribution in [0.5, 0.6) is 11.5 Å². The summed E-state index contributed by atoms with van der Waals surface area (Å²) in [5.74, 6) is 0.796. The first-order valence-corrected chi connectivity index (χ1v) is 13.8. The molecular formula is C27H41IN2O7. The van der Waals surface area contributed by atoms with E-state index in [4.69, 9.17) is 14.6 Å². The molecule has 0 heterocycles. The number of ether oxygens (including phenoxy) is 2. The lowest BCUT2D eigenvalue weighted by Gasteiger charge is -2.41. The number of carbonyl (C=O) groups excluding carboxylic acids is 2. The maximum absolute atomic E-state index is 13.3. The number of amides is 2. The normalized spacial score (nSPS) is 19.5. The first-order chi connectivity index (χ1) is 17.5. The summed E-state index contributed by atoms with van der Waals surface area (Å²) in [4.78, 5) is 28.0. The Hall–Kier alpha value is -1.89. The van der Waals surface area contributed by atoms with Gasteiger partial charge in [-0.05, 0) is 64.6 Å². The maximum atomic E-state index is 13.3. The summed E-state index contributed by atoms with van der Waals surface area (Å²) >= 11 is 2.07. The first kappa shape index (κ1) is 31.3. The molecule has 1 aliphatic carbocycles. The molecule has 2 rings (SSSR count). The molecule has 0 aromatic heterocycles. The highest BCUT2D eigenvalue weighted by Crippen LogP contribution is 2.37. The van der Waals surface area contributed by atoms with Crippen LogP contribution in [0.15, 0.2) is 23.8 Å². The Bertz CT molecular complexity index is 951. The predicted octanol–water partition coefficient (Wildman–Crippen LogP) is 2.63. The van der Waals surface area contributed by atoms with Crippen LogP contribution < -0.4 is 14.8 Å². The summed E-state index contributed by atoms with van der Waals surface area (Å²) < 4.78 is 12.4. The molecule has 0 radical (unpaired) electrons. The number of nitrogens with zero attached hydrogens (tertiary/aromatic N) is 1. The molecule has 0 saturated carbocycles. The van der Waals surface area contributed by atoms with Crippen molar-refractivity contribution in [2.24, 2.45) is 11.8 Å². The summed E-state index contributed by atoms with van der Waals surface area (Å²) in [6.07, 6.45) is 0.786. The maximum Gasteiger partial charge on any atom is 0.247 e. The third-order valence-electron chi connectivity index (χ3n) is 6.19. The zero-order chi connectivity index (χ0) is 27.7. The molecule has 1 aliphatic rings. The summed E-state index contributed by atoms with van der Waals surface area (Å²) in [6.45, 7) is 8.27. The Balaban J connectivity index is 2.50. The standard InChI is InChI=1S/C27H41IN2O7/c1-16(2)6-8-30(24(33)10-17(3)4)21-13-19(27(35)29-7-9-31)14-22(25(21)34)37-26-20(28)11-18(15-32)12-23(26)36-5/h11-12,14,16-17,21-22,25,31-32,34H,6-10,13,15H2,1-5H3,(H,29,35). The smallest absolute Gasteiger partial charge is 0.247 e. The topological polar surface area (TPSA) is 129 Å². The van der Waals surface area contributed by atoms with Gasteiger partial charge in [0.1, 0.15) is 12.2 Å². The van der Waals surface area contributed by atoms with Crippen LogP contribution in [0.2, 0.25) is 0 Å². The minimum absolute atomic E-state index is 0.0741. The molecule has 0 fully saturated rings. The van der Waals surface area contributed by atoms with Gasteiger partial charge in [0.25, 0.3) is 0 Å². The Morgan fingerprint density at radius 2 is 1.89 bits per heavy atom. The van der Waals surface area contributed by atoms with Gasteiger partial charge in [0, 0.05) is 31.5 Å². The summed E-state index contributed by atoms with van der Waals surface area (Å²) in [5.41, 5.74) is 1.02. The van der Waals surface area contributed by atoms with Gasteiger partial charge in [-0.3, -0.25) is 9.59 Å². The van der Waals surface area contributed by atoms with E-state index in [1.807, 2.05) is 13.8 Å². The quantitative estimate of drug-likeness (QED) is 0.246. The summed E-state index contributed by atoms with van der Waals surface area (Å²) in [6, 6.07) is 2.74. The number of nitrogens with one attached hydrogen (secondary N) is 1. The average molecular weight is 633 g/mol. The lowest BCUT2D eigenvalue weighted by Crippen LogP contribution is -2.55. The van der Waals surface area contributed by atoms with Gasteiger partial charge in [-0.25, -0.2) is 0 Å². The number of rotatable bonds is 13. The molecule has 0 saturated heterocycles. The van der Waals surface area contributed by atoms with Gasteiger partial charge in [-0.2, -0.15) is 0 Å². The van der Waals surface area contributed by atoms with Gasteiger partial charge in [0.15, 0.2) is 11.5 Å². The van der Waals surface area contributed by atoms with E-state index in [1.165, 1.54) is 7.11 Å². The number of aliphatic hydroxyl groups excluding tert-OH is 3. The molecule has 1 aromatic carbocycles. The second-order valence-electron chi connectivity index (χ2n) is 10.2. The molecule has 2 amide bonds. The van der Waals surface area contributed by atoms with E-state index in [0.717, 1.165) is 6.42 Å². The average Bonchev–Trinajstić information content (AvgIpc) is 2.84. The van der Waals surface area contributed by atoms with Crippen molar-refractivity contribution in [2.75, 3.05) is 26.8 Å². The van der Waals surface area contributed by atoms with Crippen LogP contribution in [-0.2, 0) is 16.2 Å². The van der Waals surface area contributed by atoms with Crippen molar-refractivity contribution in [3.63, 3.8) is 0 Å². The highest BCUT2D eigenvalue weighted by Gasteiger charge is 2.40. The summed E-state index contributed by atoms with van der Waals surface area (Å²) in [5, 5.41) is 32.9. The highest BCUT2D eigenvalue weighted by molar-refractivity contribution is 14.1. The minimum atomic E-state index is -1.10. The fourth-order valence-corrected chi connectivity index (χ4v) is 5.03. The van der Waals surface area contributed by atoms with Crippen molar-refractivity contribution in [2.45, 2.75) is 71.8 Å². The van der Waals surface area contributed by atoms with E-state index in [-0.39, 0.29) is 43.9 Å². The van der Waals surface area contributed by atoms with Gasteiger partial charge in [0.2, 0.25) is 11.8 Å². The van der Waals surface area contributed by atoms with Crippen LogP contribution in [0.25, 0.3) is 0 Å². The third kappa shape index (κ3) is 8.83. The number of hydrogen-bond acceptors (Lipinski definition) is 7. The monoisotopic (exact) mass is 632 g/mol.